The fraction of sp³-hybridized carbons (Fsp3) is 0.378. The number of nitrogens with one attached hydrogen (secondary N) is 1. The van der Waals surface area contributed by atoms with Crippen molar-refractivity contribution in [1.29, 1.82) is 0 Å². The third-order valence-corrected chi connectivity index (χ3v) is 12.5. The number of benzene rings is 2. The van der Waals surface area contributed by atoms with Crippen LogP contribution in [-0.2, 0) is 19.5 Å². The monoisotopic (exact) mass is 678 g/mol. The molecule has 4 aliphatic carbocycles. The first-order valence-corrected chi connectivity index (χ1v) is 18.0. The number of thiazole rings is 1. The van der Waals surface area contributed by atoms with Crippen LogP contribution in [0.5, 0.6) is 0 Å². The first-order chi connectivity index (χ1) is 23.3. The summed E-state index contributed by atoms with van der Waals surface area (Å²) in [5.74, 6) is 1.68. The fourth-order valence-electron chi connectivity index (χ4n) is 9.55. The van der Waals surface area contributed by atoms with E-state index >= 15 is 0 Å². The molecule has 2 aromatic carbocycles. The molecule has 2 N–H and O–H groups in total. The number of amides is 1. The first-order valence-electron chi connectivity index (χ1n) is 16.8. The number of carboxylic acid groups (broad SMARTS) is 1. The second kappa shape index (κ2) is 11.4. The molecule has 1 amide bonds. The molecule has 5 aliphatic rings. The number of aromatic nitrogens is 4. The van der Waals surface area contributed by atoms with E-state index in [2.05, 4.69) is 20.4 Å². The molecule has 3 aromatic heterocycles. The number of carbonyl (C=O) groups excluding carboxylic acids is 1. The minimum atomic E-state index is -1.12. The molecule has 0 atom stereocenters. The van der Waals surface area contributed by atoms with Gasteiger partial charge >= 0.3 is 5.97 Å². The predicted octanol–water partition coefficient (Wildman–Crippen LogP) is 7.94. The van der Waals surface area contributed by atoms with Crippen molar-refractivity contribution in [2.24, 2.45) is 23.2 Å². The zero-order chi connectivity index (χ0) is 32.6. The van der Waals surface area contributed by atoms with Crippen LogP contribution in [0.4, 0.5) is 10.9 Å². The Morgan fingerprint density at radius 1 is 0.958 bits per heavy atom. The lowest BCUT2D eigenvalue weighted by Crippen LogP contribution is -2.48. The highest BCUT2D eigenvalue weighted by atomic mass is 35.5. The number of hydrogen-bond donors (Lipinski definition) is 2. The number of aromatic carboxylic acids is 1. The van der Waals surface area contributed by atoms with Crippen molar-refractivity contribution in [3.05, 3.63) is 88.3 Å². The van der Waals surface area contributed by atoms with Gasteiger partial charge in [0.05, 0.1) is 16.4 Å². The van der Waals surface area contributed by atoms with Crippen molar-refractivity contribution in [2.45, 2.75) is 58.0 Å². The maximum atomic E-state index is 13.5. The van der Waals surface area contributed by atoms with Gasteiger partial charge in [-0.3, -0.25) is 14.8 Å². The van der Waals surface area contributed by atoms with E-state index in [0.717, 1.165) is 45.6 Å². The van der Waals surface area contributed by atoms with E-state index in [1.54, 1.807) is 12.3 Å². The van der Waals surface area contributed by atoms with Gasteiger partial charge in [0.2, 0.25) is 0 Å². The molecular formula is C37H35ClN6O3S. The molecule has 10 rings (SSSR count). The lowest BCUT2D eigenvalue weighted by molar-refractivity contribution is -0.0635. The summed E-state index contributed by atoms with van der Waals surface area (Å²) in [6, 6.07) is 17.2. The minimum absolute atomic E-state index is 0.0589. The van der Waals surface area contributed by atoms with Crippen molar-refractivity contribution in [3.63, 3.8) is 0 Å². The predicted molar refractivity (Wildman–Crippen MR) is 187 cm³/mol. The molecule has 244 valence electrons. The molecule has 4 fully saturated rings. The fourth-order valence-corrected chi connectivity index (χ4v) is 10.7. The Balaban J connectivity index is 0.970. The van der Waals surface area contributed by atoms with Crippen LogP contribution in [-0.4, -0.2) is 43.3 Å². The van der Waals surface area contributed by atoms with Gasteiger partial charge in [0, 0.05) is 36.3 Å². The molecule has 0 spiro atoms. The van der Waals surface area contributed by atoms with Crippen LogP contribution in [0.15, 0.2) is 60.8 Å². The average Bonchev–Trinajstić information content (AvgIpc) is 3.65. The van der Waals surface area contributed by atoms with Gasteiger partial charge in [-0.1, -0.05) is 47.2 Å². The number of rotatable bonds is 7. The molecule has 9 nitrogen and oxygen atoms in total. The Bertz CT molecular complexity index is 2040. The SMILES string of the molecule is O=C(Nc1nc2ccccc2s1)c1cccc2c1CN(c1ccc(-c3cnn(CC45CC6CC(CC(C6)C4)C5)c3Cl)c(C(=O)O)n1)CC2. The number of para-hydroxylation sites is 1. The van der Waals surface area contributed by atoms with Gasteiger partial charge in [0.25, 0.3) is 5.91 Å². The quantitative estimate of drug-likeness (QED) is 0.180. The largest absolute Gasteiger partial charge is 0.476 e. The highest BCUT2D eigenvalue weighted by molar-refractivity contribution is 7.22. The number of hydrogen-bond acceptors (Lipinski definition) is 7. The number of pyridine rings is 1. The van der Waals surface area contributed by atoms with Gasteiger partial charge in [-0.05, 0) is 110 Å². The maximum absolute atomic E-state index is 13.5. The van der Waals surface area contributed by atoms with Crippen LogP contribution in [0.1, 0.15) is 70.5 Å². The van der Waals surface area contributed by atoms with Crippen LogP contribution in [0.2, 0.25) is 5.15 Å². The normalized spacial score (nSPS) is 24.2. The van der Waals surface area contributed by atoms with Gasteiger partial charge < -0.3 is 10.0 Å². The number of fused-ring (bicyclic) bond motifs is 2. The Hall–Kier alpha value is -4.28. The molecule has 4 saturated carbocycles. The number of anilines is 2. The third-order valence-electron chi connectivity index (χ3n) is 11.2. The van der Waals surface area contributed by atoms with Gasteiger partial charge in [-0.15, -0.1) is 0 Å². The summed E-state index contributed by atoms with van der Waals surface area (Å²) < 4.78 is 2.90. The summed E-state index contributed by atoms with van der Waals surface area (Å²) in [6.07, 6.45) is 10.2. The standard InChI is InChI=1S/C37H35ClN6O3S/c38-33-27(18-39-44(33)20-37-15-21-12-22(16-37)14-23(13-21)17-37)25-8-9-31(41-32(25)35(46)47)43-11-10-24-4-3-5-26(28(24)19-43)34(45)42-36-40-29-6-1-2-7-30(29)48-36/h1-9,18,21-23H,10-17,19-20H2,(H,46,47)(H,40,42,45). The third kappa shape index (κ3) is 5.17. The molecule has 4 heterocycles. The summed E-state index contributed by atoms with van der Waals surface area (Å²) >= 11 is 8.42. The molecule has 0 saturated heterocycles. The minimum Gasteiger partial charge on any atom is -0.476 e. The summed E-state index contributed by atoms with van der Waals surface area (Å²) in [7, 11) is 0. The molecule has 5 aromatic rings. The van der Waals surface area contributed by atoms with E-state index in [-0.39, 0.29) is 17.0 Å². The zero-order valence-electron chi connectivity index (χ0n) is 26.4. The van der Waals surface area contributed by atoms with Crippen molar-refractivity contribution >= 4 is 56.0 Å². The Labute approximate surface area is 287 Å². The Morgan fingerprint density at radius 3 is 2.48 bits per heavy atom. The highest BCUT2D eigenvalue weighted by Gasteiger charge is 2.51. The first kappa shape index (κ1) is 29.8. The van der Waals surface area contributed by atoms with Gasteiger partial charge in [0.15, 0.2) is 10.8 Å². The molecule has 1 aliphatic heterocycles. The average molecular weight is 679 g/mol. The zero-order valence-corrected chi connectivity index (χ0v) is 27.9. The number of halogens is 1. The topological polar surface area (TPSA) is 113 Å². The highest BCUT2D eigenvalue weighted by Crippen LogP contribution is 2.60. The number of carbonyl (C=O) groups is 2. The van der Waals surface area contributed by atoms with E-state index in [1.165, 1.54) is 49.9 Å². The van der Waals surface area contributed by atoms with Gasteiger partial charge in [-0.2, -0.15) is 5.10 Å². The van der Waals surface area contributed by atoms with Crippen LogP contribution in [0.3, 0.4) is 0 Å². The van der Waals surface area contributed by atoms with E-state index in [4.69, 9.17) is 11.6 Å². The van der Waals surface area contributed by atoms with Gasteiger partial charge in [0.1, 0.15) is 11.0 Å². The lowest BCUT2D eigenvalue weighted by atomic mass is 9.49. The number of carboxylic acids is 1. The lowest BCUT2D eigenvalue weighted by Gasteiger charge is -2.56. The van der Waals surface area contributed by atoms with Crippen molar-refractivity contribution in [1.82, 2.24) is 19.7 Å². The molecule has 4 bridgehead atoms. The van der Waals surface area contributed by atoms with E-state index in [0.29, 0.717) is 52.3 Å². The summed E-state index contributed by atoms with van der Waals surface area (Å²) in [6.45, 7) is 1.85. The number of nitrogens with zero attached hydrogens (tertiary/aromatic N) is 5. The smallest absolute Gasteiger partial charge is 0.355 e. The van der Waals surface area contributed by atoms with Crippen LogP contribution in [0, 0.1) is 23.2 Å². The Kier molecular flexibility index (Phi) is 7.09. The molecule has 0 unspecified atom stereocenters. The van der Waals surface area contributed by atoms with Gasteiger partial charge in [-0.25, -0.2) is 14.8 Å². The van der Waals surface area contributed by atoms with Crippen molar-refractivity contribution in [2.75, 3.05) is 16.8 Å². The summed E-state index contributed by atoms with van der Waals surface area (Å²) in [4.78, 5) is 37.4. The van der Waals surface area contributed by atoms with E-state index in [9.17, 15) is 14.7 Å². The van der Waals surface area contributed by atoms with E-state index in [1.807, 2.05) is 58.1 Å². The Morgan fingerprint density at radius 2 is 1.73 bits per heavy atom. The van der Waals surface area contributed by atoms with Crippen LogP contribution < -0.4 is 10.2 Å². The molecule has 48 heavy (non-hydrogen) atoms. The second-order valence-corrected chi connectivity index (χ2v) is 15.7. The maximum Gasteiger partial charge on any atom is 0.355 e. The molecule has 11 heteroatoms. The second-order valence-electron chi connectivity index (χ2n) is 14.4. The molecule has 0 radical (unpaired) electrons. The van der Waals surface area contributed by atoms with E-state index < -0.39 is 5.97 Å². The van der Waals surface area contributed by atoms with Crippen LogP contribution >= 0.6 is 22.9 Å². The van der Waals surface area contributed by atoms with Crippen molar-refractivity contribution < 1.29 is 14.7 Å². The van der Waals surface area contributed by atoms with Crippen LogP contribution in [0.25, 0.3) is 21.3 Å². The van der Waals surface area contributed by atoms with Crippen molar-refractivity contribution in [3.8, 4) is 11.1 Å². The summed E-state index contributed by atoms with van der Waals surface area (Å²) in [5.41, 5.74) is 4.65. The molecular weight excluding hydrogens is 644 g/mol. The summed E-state index contributed by atoms with van der Waals surface area (Å²) in [5, 5.41) is 19.0.